The number of piperidine rings is 1. The molecule has 132 valence electrons. The van der Waals surface area contributed by atoms with Gasteiger partial charge in [0.05, 0.1) is 12.2 Å². The quantitative estimate of drug-likeness (QED) is 0.791. The maximum atomic E-state index is 13.0. The zero-order chi connectivity index (χ0) is 17.5. The van der Waals surface area contributed by atoms with Crippen LogP contribution in [-0.2, 0) is 4.74 Å². The Morgan fingerprint density at radius 3 is 2.79 bits per heavy atom. The van der Waals surface area contributed by atoms with Gasteiger partial charge in [0, 0.05) is 24.2 Å². The lowest BCUT2D eigenvalue weighted by molar-refractivity contribution is -0.120. The second-order valence-electron chi connectivity index (χ2n) is 6.46. The van der Waals surface area contributed by atoms with E-state index in [2.05, 4.69) is 4.90 Å². The third-order valence-corrected chi connectivity index (χ3v) is 4.78. The Morgan fingerprint density at radius 2 is 2.12 bits per heavy atom. The molecule has 0 saturated carbocycles. The predicted molar refractivity (Wildman–Crippen MR) is 84.4 cm³/mol. The Kier molecular flexibility index (Phi) is 4.46. The monoisotopic (exact) mass is 342 g/mol. The highest BCUT2D eigenvalue weighted by molar-refractivity contribution is 5.90. The minimum atomic E-state index is -4.25. The Balaban J connectivity index is 1.98. The van der Waals surface area contributed by atoms with Gasteiger partial charge in [-0.2, -0.15) is 13.2 Å². The van der Waals surface area contributed by atoms with E-state index in [-0.39, 0.29) is 18.6 Å². The third-order valence-electron chi connectivity index (χ3n) is 4.78. The van der Waals surface area contributed by atoms with E-state index in [1.165, 1.54) is 4.90 Å². The fourth-order valence-electron chi connectivity index (χ4n) is 3.81. The zero-order valence-electron chi connectivity index (χ0n) is 13.8. The largest absolute Gasteiger partial charge is 0.462 e. The van der Waals surface area contributed by atoms with Gasteiger partial charge in [-0.1, -0.05) is 0 Å². The highest BCUT2D eigenvalue weighted by Gasteiger charge is 2.45. The molecule has 2 aliphatic heterocycles. The molecule has 0 amide bonds. The van der Waals surface area contributed by atoms with E-state index in [0.717, 1.165) is 12.1 Å². The fraction of sp³-hybridized carbons (Fsp3) is 0.588. The molecule has 2 heterocycles. The smallest absolute Gasteiger partial charge is 0.405 e. The van der Waals surface area contributed by atoms with Crippen molar-refractivity contribution >= 4 is 11.7 Å². The van der Waals surface area contributed by atoms with Crippen LogP contribution in [0.25, 0.3) is 0 Å². The van der Waals surface area contributed by atoms with E-state index < -0.39 is 18.7 Å². The minimum Gasteiger partial charge on any atom is -0.462 e. The number of likely N-dealkylation sites (tertiary alicyclic amines) is 1. The summed E-state index contributed by atoms with van der Waals surface area (Å²) in [5, 5.41) is 0. The predicted octanol–water partition coefficient (Wildman–Crippen LogP) is 3.03. The number of likely N-dealkylation sites (N-methyl/N-ethyl adjacent to an activating group) is 1. The molecule has 0 bridgehead atoms. The van der Waals surface area contributed by atoms with Crippen LogP contribution in [0.15, 0.2) is 18.2 Å². The van der Waals surface area contributed by atoms with E-state index in [4.69, 9.17) is 4.74 Å². The molecule has 0 radical (unpaired) electrons. The van der Waals surface area contributed by atoms with Gasteiger partial charge < -0.3 is 14.5 Å². The molecule has 0 aromatic heterocycles. The van der Waals surface area contributed by atoms with Crippen molar-refractivity contribution in [3.05, 3.63) is 29.3 Å². The summed E-state index contributed by atoms with van der Waals surface area (Å²) in [5.41, 5.74) is 1.81. The molecule has 4 nitrogen and oxygen atoms in total. The van der Waals surface area contributed by atoms with Gasteiger partial charge >= 0.3 is 12.1 Å². The molecule has 2 atom stereocenters. The van der Waals surface area contributed by atoms with Crippen LogP contribution < -0.4 is 4.90 Å². The Labute approximate surface area is 139 Å². The molecule has 0 N–H and O–H groups in total. The number of esters is 1. The average molecular weight is 342 g/mol. The Morgan fingerprint density at radius 1 is 1.38 bits per heavy atom. The number of anilines is 1. The van der Waals surface area contributed by atoms with Crippen molar-refractivity contribution in [2.75, 3.05) is 38.2 Å². The highest BCUT2D eigenvalue weighted by atomic mass is 19.4. The molecule has 7 heteroatoms. The number of carbonyl (C=O) groups is 1. The summed E-state index contributed by atoms with van der Waals surface area (Å²) >= 11 is 0. The van der Waals surface area contributed by atoms with Gasteiger partial charge in [0.15, 0.2) is 0 Å². The number of hydrogen-bond donors (Lipinski definition) is 0. The molecule has 24 heavy (non-hydrogen) atoms. The van der Waals surface area contributed by atoms with Crippen molar-refractivity contribution in [1.82, 2.24) is 4.90 Å². The summed E-state index contributed by atoms with van der Waals surface area (Å²) in [6.45, 7) is 2.50. The number of halogens is 3. The Bertz CT molecular complexity index is 633. The summed E-state index contributed by atoms with van der Waals surface area (Å²) in [6, 6.07) is 4.73. The molecule has 2 aliphatic rings. The fourth-order valence-corrected chi connectivity index (χ4v) is 3.81. The molecular weight excluding hydrogens is 321 g/mol. The second kappa shape index (κ2) is 6.27. The highest BCUT2D eigenvalue weighted by Crippen LogP contribution is 2.45. The van der Waals surface area contributed by atoms with Crippen molar-refractivity contribution in [3.63, 3.8) is 0 Å². The summed E-state index contributed by atoms with van der Waals surface area (Å²) in [7, 11) is 1.97. The van der Waals surface area contributed by atoms with Gasteiger partial charge in [0.2, 0.25) is 0 Å². The van der Waals surface area contributed by atoms with Crippen molar-refractivity contribution in [1.29, 1.82) is 0 Å². The number of benzene rings is 1. The molecule has 3 rings (SSSR count). The normalized spacial score (nSPS) is 23.8. The standard InChI is InChI=1S/C17H21F3N2O2/c1-3-24-16(23)11-4-5-14-12(8-11)13-9-21(2)7-6-15(13)22(14)10-17(18,19)20/h4-5,8,13,15H,3,6-7,9-10H2,1-2H3/t13-,15-/m1/s1. The number of rotatable bonds is 3. The van der Waals surface area contributed by atoms with Crippen LogP contribution in [0, 0.1) is 0 Å². The van der Waals surface area contributed by atoms with Gasteiger partial charge in [-0.25, -0.2) is 4.79 Å². The van der Waals surface area contributed by atoms with Gasteiger partial charge in [-0.3, -0.25) is 0 Å². The van der Waals surface area contributed by atoms with Crippen LogP contribution >= 0.6 is 0 Å². The molecule has 1 fully saturated rings. The van der Waals surface area contributed by atoms with Crippen molar-refractivity contribution in [2.24, 2.45) is 0 Å². The van der Waals surface area contributed by atoms with Crippen LogP contribution in [0.5, 0.6) is 0 Å². The van der Waals surface area contributed by atoms with Crippen LogP contribution in [0.3, 0.4) is 0 Å². The zero-order valence-corrected chi connectivity index (χ0v) is 13.8. The molecule has 0 spiro atoms. The van der Waals surface area contributed by atoms with Gasteiger partial charge in [-0.15, -0.1) is 0 Å². The molecule has 1 aromatic carbocycles. The molecular formula is C17H21F3N2O2. The van der Waals surface area contributed by atoms with E-state index in [1.54, 1.807) is 25.1 Å². The molecule has 0 unspecified atom stereocenters. The molecule has 1 aromatic rings. The second-order valence-corrected chi connectivity index (χ2v) is 6.46. The first-order valence-electron chi connectivity index (χ1n) is 8.13. The van der Waals surface area contributed by atoms with Crippen molar-refractivity contribution in [3.8, 4) is 0 Å². The van der Waals surface area contributed by atoms with E-state index in [1.807, 2.05) is 7.05 Å². The van der Waals surface area contributed by atoms with Crippen LogP contribution in [0.1, 0.15) is 35.2 Å². The summed E-state index contributed by atoms with van der Waals surface area (Å²) in [4.78, 5) is 15.5. The SMILES string of the molecule is CCOC(=O)c1ccc2c(c1)[C@H]1CN(C)CC[C@H]1N2CC(F)(F)F. The van der Waals surface area contributed by atoms with E-state index >= 15 is 0 Å². The van der Waals surface area contributed by atoms with Crippen LogP contribution in [0.2, 0.25) is 0 Å². The maximum absolute atomic E-state index is 13.0. The lowest BCUT2D eigenvalue weighted by atomic mass is 9.88. The van der Waals surface area contributed by atoms with Gasteiger partial charge in [0.25, 0.3) is 0 Å². The maximum Gasteiger partial charge on any atom is 0.405 e. The molecule has 1 saturated heterocycles. The Hall–Kier alpha value is -1.76. The van der Waals surface area contributed by atoms with Gasteiger partial charge in [-0.05, 0) is 50.7 Å². The number of hydrogen-bond acceptors (Lipinski definition) is 4. The van der Waals surface area contributed by atoms with Crippen molar-refractivity contribution in [2.45, 2.75) is 31.5 Å². The minimum absolute atomic E-state index is 0.0181. The summed E-state index contributed by atoms with van der Waals surface area (Å²) in [6.07, 6.45) is -3.57. The summed E-state index contributed by atoms with van der Waals surface area (Å²) < 4.78 is 44.1. The van der Waals surface area contributed by atoms with Crippen molar-refractivity contribution < 1.29 is 22.7 Å². The lowest BCUT2D eigenvalue weighted by Crippen LogP contribution is -2.47. The first-order valence-corrected chi connectivity index (χ1v) is 8.13. The topological polar surface area (TPSA) is 32.8 Å². The number of fused-ring (bicyclic) bond motifs is 3. The number of ether oxygens (including phenoxy) is 1. The average Bonchev–Trinajstić information content (AvgIpc) is 2.79. The number of carbonyl (C=O) groups excluding carboxylic acids is 1. The first-order chi connectivity index (χ1) is 11.3. The van der Waals surface area contributed by atoms with Crippen LogP contribution in [0.4, 0.5) is 18.9 Å². The van der Waals surface area contributed by atoms with E-state index in [9.17, 15) is 18.0 Å². The van der Waals surface area contributed by atoms with Gasteiger partial charge in [0.1, 0.15) is 6.54 Å². The summed E-state index contributed by atoms with van der Waals surface area (Å²) in [5.74, 6) is -0.453. The third kappa shape index (κ3) is 3.22. The molecule has 0 aliphatic carbocycles. The first kappa shape index (κ1) is 17.1. The van der Waals surface area contributed by atoms with Crippen LogP contribution in [-0.4, -0.2) is 56.4 Å². The number of nitrogens with zero attached hydrogens (tertiary/aromatic N) is 2. The lowest BCUT2D eigenvalue weighted by Gasteiger charge is -2.37. The number of alkyl halides is 3. The van der Waals surface area contributed by atoms with E-state index in [0.29, 0.717) is 24.2 Å².